The minimum Gasteiger partial charge on any atom is -0.444 e. The van der Waals surface area contributed by atoms with Gasteiger partial charge < -0.3 is 9.73 Å². The van der Waals surface area contributed by atoms with Crippen molar-refractivity contribution in [3.63, 3.8) is 0 Å². The number of aryl methyl sites for hydroxylation is 1. The molecule has 3 aromatic rings. The van der Waals surface area contributed by atoms with Gasteiger partial charge in [-0.3, -0.25) is 19.3 Å². The van der Waals surface area contributed by atoms with Gasteiger partial charge in [-0.2, -0.15) is 0 Å². The van der Waals surface area contributed by atoms with Gasteiger partial charge in [-0.05, 0) is 43.3 Å². The number of nitrogens with one attached hydrogen (secondary N) is 1. The van der Waals surface area contributed by atoms with E-state index in [1.807, 2.05) is 19.1 Å². The van der Waals surface area contributed by atoms with Crippen molar-refractivity contribution in [1.29, 1.82) is 0 Å². The Morgan fingerprint density at radius 1 is 1.07 bits per heavy atom. The van der Waals surface area contributed by atoms with Crippen molar-refractivity contribution in [2.45, 2.75) is 13.3 Å². The smallest absolute Gasteiger partial charge is 0.261 e. The summed E-state index contributed by atoms with van der Waals surface area (Å²) < 4.78 is 5.22. The number of aromatic nitrogens is 1. The molecule has 0 atom stereocenters. The van der Waals surface area contributed by atoms with Gasteiger partial charge in [0, 0.05) is 24.2 Å². The molecule has 140 valence electrons. The van der Waals surface area contributed by atoms with Crippen LogP contribution in [0.2, 0.25) is 0 Å². The van der Waals surface area contributed by atoms with Crippen LogP contribution in [0.5, 0.6) is 0 Å². The maximum Gasteiger partial charge on any atom is 0.261 e. The van der Waals surface area contributed by atoms with Gasteiger partial charge in [-0.15, -0.1) is 0 Å². The van der Waals surface area contributed by atoms with Crippen molar-refractivity contribution in [2.24, 2.45) is 0 Å². The molecule has 0 unspecified atom stereocenters. The summed E-state index contributed by atoms with van der Waals surface area (Å²) in [5, 5.41) is 2.76. The van der Waals surface area contributed by atoms with E-state index in [1.54, 1.807) is 36.5 Å². The summed E-state index contributed by atoms with van der Waals surface area (Å²) in [5.74, 6) is -0.351. The Morgan fingerprint density at radius 2 is 1.82 bits per heavy atom. The minimum absolute atomic E-state index is 0.0221. The second-order valence-corrected chi connectivity index (χ2v) is 6.55. The molecule has 0 saturated carbocycles. The third-order valence-electron chi connectivity index (χ3n) is 4.57. The number of rotatable bonds is 5. The second kappa shape index (κ2) is 7.11. The first-order valence-electron chi connectivity index (χ1n) is 8.78. The molecule has 1 aliphatic rings. The zero-order chi connectivity index (χ0) is 19.7. The van der Waals surface area contributed by atoms with E-state index in [2.05, 4.69) is 10.3 Å². The highest BCUT2D eigenvalue weighted by Gasteiger charge is 2.35. The van der Waals surface area contributed by atoms with E-state index in [0.29, 0.717) is 22.6 Å². The predicted molar refractivity (Wildman–Crippen MR) is 102 cm³/mol. The lowest BCUT2D eigenvalue weighted by Crippen LogP contribution is -2.32. The van der Waals surface area contributed by atoms with E-state index in [4.69, 9.17) is 4.42 Å². The Kier molecular flexibility index (Phi) is 4.49. The molecule has 2 aromatic carbocycles. The van der Waals surface area contributed by atoms with E-state index >= 15 is 0 Å². The van der Waals surface area contributed by atoms with Crippen LogP contribution >= 0.6 is 0 Å². The predicted octanol–water partition coefficient (Wildman–Crippen LogP) is 3.27. The van der Waals surface area contributed by atoms with Gasteiger partial charge in [-0.25, -0.2) is 4.98 Å². The SMILES string of the molecule is Cc1ccc2c(c1)C(=O)N(CCC(=O)Nc1ccc(-c3cnco3)cc1)C2=O. The van der Waals surface area contributed by atoms with E-state index in [0.717, 1.165) is 16.0 Å². The van der Waals surface area contributed by atoms with Gasteiger partial charge in [0.05, 0.1) is 17.3 Å². The molecular weight excluding hydrogens is 358 g/mol. The molecule has 28 heavy (non-hydrogen) atoms. The first kappa shape index (κ1) is 17.7. The van der Waals surface area contributed by atoms with Crippen LogP contribution in [0.25, 0.3) is 11.3 Å². The molecule has 1 aromatic heterocycles. The van der Waals surface area contributed by atoms with Crippen molar-refractivity contribution in [3.05, 3.63) is 71.7 Å². The molecule has 2 heterocycles. The Balaban J connectivity index is 1.36. The number of carbonyl (C=O) groups is 3. The molecule has 7 heteroatoms. The standard InChI is InChI=1S/C21H17N3O4/c1-13-2-7-16-17(10-13)21(27)24(20(16)26)9-8-19(25)23-15-5-3-14(4-6-15)18-11-22-12-28-18/h2-7,10-12H,8-9H2,1H3,(H,23,25). The number of hydrogen-bond donors (Lipinski definition) is 1. The van der Waals surface area contributed by atoms with Crippen molar-refractivity contribution in [3.8, 4) is 11.3 Å². The number of oxazole rings is 1. The Labute approximate surface area is 161 Å². The van der Waals surface area contributed by atoms with Crippen LogP contribution in [0.15, 0.2) is 59.5 Å². The zero-order valence-electron chi connectivity index (χ0n) is 15.1. The van der Waals surface area contributed by atoms with Crippen LogP contribution in [-0.2, 0) is 4.79 Å². The van der Waals surface area contributed by atoms with Gasteiger partial charge in [-0.1, -0.05) is 11.6 Å². The summed E-state index contributed by atoms with van der Waals surface area (Å²) in [6.07, 6.45) is 2.98. The molecule has 1 aliphatic heterocycles. The highest BCUT2D eigenvalue weighted by molar-refractivity contribution is 6.21. The van der Waals surface area contributed by atoms with Crippen LogP contribution in [0.3, 0.4) is 0 Å². The van der Waals surface area contributed by atoms with Crippen LogP contribution in [0.4, 0.5) is 5.69 Å². The monoisotopic (exact) mass is 375 g/mol. The van der Waals surface area contributed by atoms with E-state index in [-0.39, 0.29) is 30.7 Å². The normalized spacial score (nSPS) is 13.0. The lowest BCUT2D eigenvalue weighted by atomic mass is 10.1. The van der Waals surface area contributed by atoms with Gasteiger partial charge in [0.15, 0.2) is 12.2 Å². The molecule has 0 radical (unpaired) electrons. The summed E-state index contributed by atoms with van der Waals surface area (Å²) in [4.78, 5) is 42.1. The van der Waals surface area contributed by atoms with Gasteiger partial charge in [0.25, 0.3) is 11.8 Å². The van der Waals surface area contributed by atoms with Crippen LogP contribution < -0.4 is 5.32 Å². The largest absolute Gasteiger partial charge is 0.444 e. The van der Waals surface area contributed by atoms with Crippen LogP contribution in [-0.4, -0.2) is 34.2 Å². The lowest BCUT2D eigenvalue weighted by Gasteiger charge is -2.13. The van der Waals surface area contributed by atoms with E-state index in [9.17, 15) is 14.4 Å². The molecular formula is C21H17N3O4. The first-order chi connectivity index (χ1) is 13.5. The maximum atomic E-state index is 12.4. The molecule has 7 nitrogen and oxygen atoms in total. The third-order valence-corrected chi connectivity index (χ3v) is 4.57. The van der Waals surface area contributed by atoms with Crippen molar-refractivity contribution >= 4 is 23.4 Å². The lowest BCUT2D eigenvalue weighted by molar-refractivity contribution is -0.116. The van der Waals surface area contributed by atoms with Crippen LogP contribution in [0.1, 0.15) is 32.7 Å². The highest BCUT2D eigenvalue weighted by atomic mass is 16.3. The second-order valence-electron chi connectivity index (χ2n) is 6.55. The number of hydrogen-bond acceptors (Lipinski definition) is 5. The first-order valence-corrected chi connectivity index (χ1v) is 8.78. The average Bonchev–Trinajstić information content (AvgIpc) is 3.29. The summed E-state index contributed by atoms with van der Waals surface area (Å²) in [7, 11) is 0. The highest BCUT2D eigenvalue weighted by Crippen LogP contribution is 2.24. The maximum absolute atomic E-state index is 12.4. The van der Waals surface area contributed by atoms with Crippen molar-refractivity contribution in [1.82, 2.24) is 9.88 Å². The van der Waals surface area contributed by atoms with Gasteiger partial charge >= 0.3 is 0 Å². The Morgan fingerprint density at radius 3 is 2.54 bits per heavy atom. The molecule has 3 amide bonds. The summed E-state index contributed by atoms with van der Waals surface area (Å²) in [5.41, 5.74) is 3.16. The Bertz CT molecular complexity index is 1060. The molecule has 0 spiro atoms. The zero-order valence-corrected chi connectivity index (χ0v) is 15.1. The number of amides is 3. The van der Waals surface area contributed by atoms with Gasteiger partial charge in [0.2, 0.25) is 5.91 Å². The molecule has 1 N–H and O–H groups in total. The van der Waals surface area contributed by atoms with Crippen LogP contribution in [0, 0.1) is 6.92 Å². The number of nitrogens with zero attached hydrogens (tertiary/aromatic N) is 2. The fourth-order valence-electron chi connectivity index (χ4n) is 3.12. The summed E-state index contributed by atoms with van der Waals surface area (Å²) in [6, 6.07) is 12.3. The van der Waals surface area contributed by atoms with Gasteiger partial charge in [0.1, 0.15) is 0 Å². The fourth-order valence-corrected chi connectivity index (χ4v) is 3.12. The van der Waals surface area contributed by atoms with Crippen molar-refractivity contribution < 1.29 is 18.8 Å². The number of imide groups is 1. The summed E-state index contributed by atoms with van der Waals surface area (Å²) >= 11 is 0. The Hall–Kier alpha value is -3.74. The third kappa shape index (κ3) is 3.29. The summed E-state index contributed by atoms with van der Waals surface area (Å²) in [6.45, 7) is 1.90. The van der Waals surface area contributed by atoms with E-state index in [1.165, 1.54) is 6.39 Å². The molecule has 0 aliphatic carbocycles. The van der Waals surface area contributed by atoms with Crippen molar-refractivity contribution in [2.75, 3.05) is 11.9 Å². The molecule has 0 saturated heterocycles. The quantitative estimate of drug-likeness (QED) is 0.691. The van der Waals surface area contributed by atoms with E-state index < -0.39 is 0 Å². The number of benzene rings is 2. The topological polar surface area (TPSA) is 92.5 Å². The fraction of sp³-hybridized carbons (Fsp3) is 0.143. The minimum atomic E-state index is -0.357. The number of fused-ring (bicyclic) bond motifs is 1. The molecule has 0 fully saturated rings. The molecule has 4 rings (SSSR count). The number of carbonyl (C=O) groups excluding carboxylic acids is 3. The average molecular weight is 375 g/mol. The number of anilines is 1. The molecule has 0 bridgehead atoms.